The summed E-state index contributed by atoms with van der Waals surface area (Å²) in [6.07, 6.45) is 0. The van der Waals surface area contributed by atoms with Crippen molar-refractivity contribution in [3.05, 3.63) is 94.6 Å². The highest BCUT2D eigenvalue weighted by molar-refractivity contribution is 7.14. The summed E-state index contributed by atoms with van der Waals surface area (Å²) in [6, 6.07) is 20.2. The van der Waals surface area contributed by atoms with Crippen LogP contribution in [0.1, 0.15) is 10.4 Å². The molecule has 0 spiro atoms. The van der Waals surface area contributed by atoms with E-state index in [1.165, 1.54) is 35.6 Å². The van der Waals surface area contributed by atoms with Crippen LogP contribution >= 0.6 is 22.9 Å². The average Bonchev–Trinajstić information content (AvgIpc) is 3.17. The third kappa shape index (κ3) is 4.80. The fourth-order valence-electron chi connectivity index (χ4n) is 2.68. The molecule has 1 aromatic heterocycles. The summed E-state index contributed by atoms with van der Waals surface area (Å²) < 4.78 is 13.0. The molecule has 0 bridgehead atoms. The van der Waals surface area contributed by atoms with Gasteiger partial charge in [-0.05, 0) is 54.6 Å². The van der Waals surface area contributed by atoms with Gasteiger partial charge in [0.25, 0.3) is 5.91 Å². The van der Waals surface area contributed by atoms with Crippen LogP contribution in [0.3, 0.4) is 0 Å². The zero-order chi connectivity index (χ0) is 20.2. The Morgan fingerprint density at radius 1 is 0.966 bits per heavy atom. The third-order valence-corrected chi connectivity index (χ3v) is 5.12. The van der Waals surface area contributed by atoms with Crippen molar-refractivity contribution in [3.8, 4) is 11.3 Å². The first-order valence-electron chi connectivity index (χ1n) is 8.72. The van der Waals surface area contributed by atoms with Crippen LogP contribution in [-0.4, -0.2) is 10.9 Å². The molecule has 2 N–H and O–H groups in total. The largest absolute Gasteiger partial charge is 0.331 e. The number of rotatable bonds is 5. The van der Waals surface area contributed by atoms with Crippen molar-refractivity contribution < 1.29 is 9.18 Å². The number of aromatic nitrogens is 1. The van der Waals surface area contributed by atoms with Crippen LogP contribution in [0, 0.1) is 5.82 Å². The topological polar surface area (TPSA) is 54.0 Å². The van der Waals surface area contributed by atoms with Gasteiger partial charge in [-0.25, -0.2) is 9.37 Å². The number of benzene rings is 3. The van der Waals surface area contributed by atoms with E-state index in [0.717, 1.165) is 22.1 Å². The van der Waals surface area contributed by atoms with Crippen LogP contribution in [0.15, 0.2) is 78.2 Å². The Hall–Kier alpha value is -3.22. The molecule has 4 aromatic rings. The molecule has 0 aliphatic rings. The minimum absolute atomic E-state index is 0.292. The van der Waals surface area contributed by atoms with Crippen molar-refractivity contribution >= 4 is 45.4 Å². The lowest BCUT2D eigenvalue weighted by molar-refractivity contribution is 0.102. The molecule has 0 saturated carbocycles. The molecular formula is C22H15ClFN3OS. The highest BCUT2D eigenvalue weighted by Gasteiger charge is 2.08. The number of nitrogens with zero attached hydrogens (tertiary/aromatic N) is 1. The number of carbonyl (C=O) groups is 1. The molecule has 29 heavy (non-hydrogen) atoms. The predicted octanol–water partition coefficient (Wildman–Crippen LogP) is 6.60. The molecule has 0 fully saturated rings. The summed E-state index contributed by atoms with van der Waals surface area (Å²) in [5.41, 5.74) is 3.68. The van der Waals surface area contributed by atoms with Gasteiger partial charge in [0.15, 0.2) is 5.13 Å². The number of nitrogens with one attached hydrogen (secondary N) is 2. The molecule has 3 aromatic carbocycles. The van der Waals surface area contributed by atoms with Gasteiger partial charge in [-0.2, -0.15) is 0 Å². The molecule has 0 aliphatic heterocycles. The van der Waals surface area contributed by atoms with Crippen molar-refractivity contribution in [1.82, 2.24) is 4.98 Å². The second-order valence-corrected chi connectivity index (χ2v) is 7.51. The fourth-order valence-corrected chi connectivity index (χ4v) is 3.61. The van der Waals surface area contributed by atoms with Gasteiger partial charge in [0.05, 0.1) is 5.69 Å². The molecule has 0 unspecified atom stereocenters. The van der Waals surface area contributed by atoms with Gasteiger partial charge in [-0.3, -0.25) is 4.79 Å². The van der Waals surface area contributed by atoms with Gasteiger partial charge >= 0.3 is 0 Å². The Bertz CT molecular complexity index is 1140. The number of carbonyl (C=O) groups excluding carboxylic acids is 1. The van der Waals surface area contributed by atoms with Crippen LogP contribution in [0.4, 0.5) is 20.9 Å². The van der Waals surface area contributed by atoms with Gasteiger partial charge in [0.1, 0.15) is 5.82 Å². The van der Waals surface area contributed by atoms with Crippen molar-refractivity contribution in [2.45, 2.75) is 0 Å². The second-order valence-electron chi connectivity index (χ2n) is 6.21. The minimum Gasteiger partial charge on any atom is -0.331 e. The predicted molar refractivity (Wildman–Crippen MR) is 117 cm³/mol. The summed E-state index contributed by atoms with van der Waals surface area (Å²) in [7, 11) is 0. The van der Waals surface area contributed by atoms with E-state index in [9.17, 15) is 9.18 Å². The Balaban J connectivity index is 1.43. The normalized spacial score (nSPS) is 10.6. The van der Waals surface area contributed by atoms with Crippen LogP contribution in [0.25, 0.3) is 11.3 Å². The Kier molecular flexibility index (Phi) is 5.55. The van der Waals surface area contributed by atoms with Crippen LogP contribution in [-0.2, 0) is 0 Å². The molecule has 0 saturated heterocycles. The monoisotopic (exact) mass is 423 g/mol. The molecule has 0 radical (unpaired) electrons. The van der Waals surface area contributed by atoms with E-state index in [2.05, 4.69) is 15.6 Å². The summed E-state index contributed by atoms with van der Waals surface area (Å²) in [4.78, 5) is 16.8. The number of hydrogen-bond acceptors (Lipinski definition) is 4. The van der Waals surface area contributed by atoms with E-state index in [1.807, 2.05) is 41.8 Å². The lowest BCUT2D eigenvalue weighted by atomic mass is 10.1. The van der Waals surface area contributed by atoms with Gasteiger partial charge in [0.2, 0.25) is 0 Å². The maximum atomic E-state index is 13.0. The van der Waals surface area contributed by atoms with Crippen LogP contribution < -0.4 is 10.6 Å². The second kappa shape index (κ2) is 8.43. The van der Waals surface area contributed by atoms with E-state index in [1.54, 1.807) is 12.1 Å². The molecule has 4 rings (SSSR count). The van der Waals surface area contributed by atoms with E-state index >= 15 is 0 Å². The zero-order valence-corrected chi connectivity index (χ0v) is 16.6. The van der Waals surface area contributed by atoms with Gasteiger partial charge in [-0.1, -0.05) is 29.8 Å². The lowest BCUT2D eigenvalue weighted by Crippen LogP contribution is -2.11. The van der Waals surface area contributed by atoms with Crippen molar-refractivity contribution in [1.29, 1.82) is 0 Å². The van der Waals surface area contributed by atoms with Crippen molar-refractivity contribution in [2.75, 3.05) is 10.6 Å². The lowest BCUT2D eigenvalue weighted by Gasteiger charge is -2.06. The fraction of sp³-hybridized carbons (Fsp3) is 0. The smallest absolute Gasteiger partial charge is 0.255 e. The van der Waals surface area contributed by atoms with E-state index in [-0.39, 0.29) is 11.7 Å². The highest BCUT2D eigenvalue weighted by Crippen LogP contribution is 2.28. The maximum absolute atomic E-state index is 13.0. The van der Waals surface area contributed by atoms with Gasteiger partial charge in [-0.15, -0.1) is 11.3 Å². The first-order valence-corrected chi connectivity index (χ1v) is 9.98. The summed E-state index contributed by atoms with van der Waals surface area (Å²) in [6.45, 7) is 0. The van der Waals surface area contributed by atoms with Crippen LogP contribution in [0.5, 0.6) is 0 Å². The third-order valence-electron chi connectivity index (χ3n) is 4.13. The SMILES string of the molecule is O=C(Nc1ccc(-c2csc(Nc3cccc(Cl)c3)n2)cc1)c1ccc(F)cc1. The van der Waals surface area contributed by atoms with E-state index in [4.69, 9.17) is 11.6 Å². The number of hydrogen-bond donors (Lipinski definition) is 2. The van der Waals surface area contributed by atoms with Gasteiger partial charge < -0.3 is 10.6 Å². The van der Waals surface area contributed by atoms with Gasteiger partial charge in [0, 0.05) is 32.9 Å². The molecule has 0 atom stereocenters. The average molecular weight is 424 g/mol. The van der Waals surface area contributed by atoms with Crippen LogP contribution in [0.2, 0.25) is 5.02 Å². The van der Waals surface area contributed by atoms with Crippen molar-refractivity contribution in [2.24, 2.45) is 0 Å². The number of thiazole rings is 1. The van der Waals surface area contributed by atoms with E-state index in [0.29, 0.717) is 16.3 Å². The zero-order valence-electron chi connectivity index (χ0n) is 15.0. The quantitative estimate of drug-likeness (QED) is 0.380. The molecule has 1 heterocycles. The summed E-state index contributed by atoms with van der Waals surface area (Å²) in [5, 5.41) is 9.40. The molecule has 144 valence electrons. The first kappa shape index (κ1) is 19.1. The number of anilines is 3. The molecule has 1 amide bonds. The number of halogens is 2. The molecule has 7 heteroatoms. The van der Waals surface area contributed by atoms with E-state index < -0.39 is 0 Å². The minimum atomic E-state index is -0.376. The Labute approximate surface area is 176 Å². The maximum Gasteiger partial charge on any atom is 0.255 e. The standard InChI is InChI=1S/C22H15ClFN3OS/c23-16-2-1-3-19(12-16)26-22-27-20(13-29-22)14-6-10-18(11-7-14)25-21(28)15-4-8-17(24)9-5-15/h1-13H,(H,25,28)(H,26,27). The first-order chi connectivity index (χ1) is 14.1. The highest BCUT2D eigenvalue weighted by atomic mass is 35.5. The van der Waals surface area contributed by atoms with Crippen molar-refractivity contribution in [3.63, 3.8) is 0 Å². The molecule has 0 aliphatic carbocycles. The molecule has 4 nitrogen and oxygen atoms in total. The number of amides is 1. The Morgan fingerprint density at radius 3 is 2.45 bits per heavy atom. The Morgan fingerprint density at radius 2 is 1.72 bits per heavy atom. The summed E-state index contributed by atoms with van der Waals surface area (Å²) in [5.74, 6) is -0.669. The molecular weight excluding hydrogens is 409 g/mol. The summed E-state index contributed by atoms with van der Waals surface area (Å²) >= 11 is 7.50.